The van der Waals surface area contributed by atoms with Crippen molar-refractivity contribution < 1.29 is 14.2 Å². The molecular formula is C16H29BO3. The lowest BCUT2D eigenvalue weighted by atomic mass is 9.71. The zero-order valence-electron chi connectivity index (χ0n) is 13.6. The molecule has 2 fully saturated rings. The predicted octanol–water partition coefficient (Wildman–Crippen LogP) is 2.76. The second-order valence-corrected chi connectivity index (χ2v) is 6.97. The molecule has 0 aromatic heterocycles. The fourth-order valence-corrected chi connectivity index (χ4v) is 4.36. The normalized spacial score (nSPS) is 41.5. The van der Waals surface area contributed by atoms with E-state index in [4.69, 9.17) is 22.1 Å². The van der Waals surface area contributed by atoms with Gasteiger partial charge in [0.1, 0.15) is 19.6 Å². The summed E-state index contributed by atoms with van der Waals surface area (Å²) < 4.78 is 17.9. The van der Waals surface area contributed by atoms with Gasteiger partial charge in [-0.25, -0.2) is 0 Å². The molecule has 0 amide bonds. The zero-order valence-corrected chi connectivity index (χ0v) is 13.6. The van der Waals surface area contributed by atoms with Crippen molar-refractivity contribution in [2.75, 3.05) is 13.7 Å². The highest BCUT2D eigenvalue weighted by Gasteiger charge is 2.65. The first kappa shape index (κ1) is 16.3. The molecule has 20 heavy (non-hydrogen) atoms. The molecule has 0 aliphatic carbocycles. The van der Waals surface area contributed by atoms with E-state index in [2.05, 4.69) is 27.7 Å². The average molecular weight is 280 g/mol. The van der Waals surface area contributed by atoms with Gasteiger partial charge < -0.3 is 14.2 Å². The summed E-state index contributed by atoms with van der Waals surface area (Å²) in [4.78, 5) is 0. The maximum absolute atomic E-state index is 6.28. The van der Waals surface area contributed by atoms with E-state index >= 15 is 0 Å². The topological polar surface area (TPSA) is 27.7 Å². The van der Waals surface area contributed by atoms with Crippen LogP contribution in [0.15, 0.2) is 0 Å². The molecule has 2 saturated heterocycles. The van der Waals surface area contributed by atoms with E-state index in [0.717, 1.165) is 6.42 Å². The third-order valence-electron chi connectivity index (χ3n) is 4.87. The van der Waals surface area contributed by atoms with Crippen LogP contribution in [0.25, 0.3) is 0 Å². The van der Waals surface area contributed by atoms with Crippen molar-refractivity contribution in [3.63, 3.8) is 0 Å². The number of methoxy groups -OCH3 is 1. The van der Waals surface area contributed by atoms with E-state index < -0.39 is 0 Å². The van der Waals surface area contributed by atoms with Gasteiger partial charge >= 0.3 is 0 Å². The fourth-order valence-electron chi connectivity index (χ4n) is 4.36. The highest BCUT2D eigenvalue weighted by molar-refractivity contribution is 6.11. The second kappa shape index (κ2) is 6.37. The minimum atomic E-state index is -0.286. The highest BCUT2D eigenvalue weighted by atomic mass is 16.6. The van der Waals surface area contributed by atoms with E-state index in [1.165, 1.54) is 12.8 Å². The van der Waals surface area contributed by atoms with Crippen LogP contribution in [0.1, 0.15) is 47.0 Å². The maximum Gasteiger partial charge on any atom is 0.112 e. The summed E-state index contributed by atoms with van der Waals surface area (Å²) in [5.41, 5.74) is -0.261. The van der Waals surface area contributed by atoms with Crippen molar-refractivity contribution >= 4 is 7.85 Å². The Hall–Kier alpha value is -0.0551. The summed E-state index contributed by atoms with van der Waals surface area (Å²) in [6.45, 7) is 9.61. The summed E-state index contributed by atoms with van der Waals surface area (Å²) in [6, 6.07) is -0.286. The zero-order chi connectivity index (χ0) is 14.9. The Bertz CT molecular complexity index is 323. The molecule has 2 bridgehead atoms. The molecular weight excluding hydrogens is 251 g/mol. The molecule has 2 aliphatic heterocycles. The van der Waals surface area contributed by atoms with Crippen molar-refractivity contribution in [1.82, 2.24) is 0 Å². The summed E-state index contributed by atoms with van der Waals surface area (Å²) in [6.07, 6.45) is 3.41. The first-order chi connectivity index (χ1) is 9.46. The average Bonchev–Trinajstić information content (AvgIpc) is 2.77. The van der Waals surface area contributed by atoms with Crippen molar-refractivity contribution in [2.24, 2.45) is 17.8 Å². The van der Waals surface area contributed by atoms with Gasteiger partial charge in [-0.3, -0.25) is 0 Å². The summed E-state index contributed by atoms with van der Waals surface area (Å²) in [5, 5.41) is 0. The Morgan fingerprint density at radius 1 is 1.30 bits per heavy atom. The van der Waals surface area contributed by atoms with Crippen molar-refractivity contribution in [1.29, 1.82) is 0 Å². The Morgan fingerprint density at radius 3 is 2.55 bits per heavy atom. The van der Waals surface area contributed by atoms with Crippen LogP contribution < -0.4 is 0 Å². The number of hydrogen-bond acceptors (Lipinski definition) is 3. The van der Waals surface area contributed by atoms with Gasteiger partial charge in [-0.05, 0) is 18.3 Å². The standard InChI is InChI=1S/C16H29BO3/c1-6-7-11(4)13-14-15(17)20-16(13,8-10(2)3)12(19-14)9-18-5/h10-15H,6-9H2,1-5H3. The molecule has 6 atom stereocenters. The molecule has 3 nitrogen and oxygen atoms in total. The minimum Gasteiger partial charge on any atom is -0.382 e. The summed E-state index contributed by atoms with van der Waals surface area (Å²) in [7, 11) is 7.90. The van der Waals surface area contributed by atoms with Crippen LogP contribution in [0.2, 0.25) is 0 Å². The lowest BCUT2D eigenvalue weighted by Gasteiger charge is -2.40. The quantitative estimate of drug-likeness (QED) is 0.671. The van der Waals surface area contributed by atoms with Crippen LogP contribution in [-0.4, -0.2) is 45.4 Å². The Balaban J connectivity index is 2.28. The van der Waals surface area contributed by atoms with E-state index in [-0.39, 0.29) is 23.8 Å². The van der Waals surface area contributed by atoms with Gasteiger partial charge in [0.05, 0.1) is 12.7 Å². The van der Waals surface area contributed by atoms with Gasteiger partial charge in [0, 0.05) is 19.0 Å². The van der Waals surface area contributed by atoms with Crippen molar-refractivity contribution in [3.05, 3.63) is 0 Å². The SMILES string of the molecule is [B]C1OC2(CC(C)C)C(COC)OC1C2C(C)CCC. The van der Waals surface area contributed by atoms with Crippen LogP contribution in [-0.2, 0) is 14.2 Å². The molecule has 6 unspecified atom stereocenters. The smallest absolute Gasteiger partial charge is 0.112 e. The molecule has 0 aromatic carbocycles. The second-order valence-electron chi connectivity index (χ2n) is 6.97. The highest BCUT2D eigenvalue weighted by Crippen LogP contribution is 2.54. The molecule has 114 valence electrons. The molecule has 2 rings (SSSR count). The lowest BCUT2D eigenvalue weighted by Crippen LogP contribution is -2.50. The van der Waals surface area contributed by atoms with Crippen LogP contribution in [0.3, 0.4) is 0 Å². The van der Waals surface area contributed by atoms with Crippen molar-refractivity contribution in [3.8, 4) is 0 Å². The van der Waals surface area contributed by atoms with E-state index in [0.29, 0.717) is 24.4 Å². The number of fused-ring (bicyclic) bond motifs is 2. The molecule has 4 heteroatoms. The van der Waals surface area contributed by atoms with Gasteiger partial charge in [0.2, 0.25) is 0 Å². The first-order valence-corrected chi connectivity index (χ1v) is 8.04. The first-order valence-electron chi connectivity index (χ1n) is 8.04. The maximum atomic E-state index is 6.28. The lowest BCUT2D eigenvalue weighted by molar-refractivity contribution is -0.183. The summed E-state index contributed by atoms with van der Waals surface area (Å²) >= 11 is 0. The Kier molecular flexibility index (Phi) is 5.20. The van der Waals surface area contributed by atoms with Crippen molar-refractivity contribution in [2.45, 2.75) is 70.8 Å². The van der Waals surface area contributed by atoms with E-state index in [1.54, 1.807) is 7.11 Å². The number of ether oxygens (including phenoxy) is 3. The van der Waals surface area contributed by atoms with Gasteiger partial charge in [0.15, 0.2) is 0 Å². The molecule has 0 aromatic rings. The van der Waals surface area contributed by atoms with Gasteiger partial charge in [0.25, 0.3) is 0 Å². The van der Waals surface area contributed by atoms with E-state index in [1.807, 2.05) is 0 Å². The number of hydrogen-bond donors (Lipinski definition) is 0. The Labute approximate surface area is 125 Å². The molecule has 0 saturated carbocycles. The molecule has 2 radical (unpaired) electrons. The monoisotopic (exact) mass is 280 g/mol. The molecule has 0 N–H and O–H groups in total. The van der Waals surface area contributed by atoms with E-state index in [9.17, 15) is 0 Å². The van der Waals surface area contributed by atoms with Crippen LogP contribution >= 0.6 is 0 Å². The predicted molar refractivity (Wildman–Crippen MR) is 80.9 cm³/mol. The minimum absolute atomic E-state index is 0.0176. The molecule has 0 spiro atoms. The third kappa shape index (κ3) is 2.67. The fraction of sp³-hybridized carbons (Fsp3) is 1.00. The van der Waals surface area contributed by atoms with Gasteiger partial charge in [-0.15, -0.1) is 0 Å². The van der Waals surface area contributed by atoms with Crippen LogP contribution in [0.5, 0.6) is 0 Å². The van der Waals surface area contributed by atoms with Gasteiger partial charge in [-0.2, -0.15) is 0 Å². The third-order valence-corrected chi connectivity index (χ3v) is 4.87. The van der Waals surface area contributed by atoms with Crippen LogP contribution in [0, 0.1) is 17.8 Å². The number of rotatable bonds is 7. The largest absolute Gasteiger partial charge is 0.382 e. The van der Waals surface area contributed by atoms with Crippen LogP contribution in [0.4, 0.5) is 0 Å². The summed E-state index contributed by atoms with van der Waals surface area (Å²) in [5.74, 6) is 1.51. The Morgan fingerprint density at radius 2 is 2.00 bits per heavy atom. The molecule has 2 aliphatic rings. The molecule has 2 heterocycles. The van der Waals surface area contributed by atoms with Gasteiger partial charge in [-0.1, -0.05) is 40.5 Å².